The van der Waals surface area contributed by atoms with Gasteiger partial charge in [0.1, 0.15) is 12.2 Å². The number of carboxylic acids is 1. The van der Waals surface area contributed by atoms with E-state index in [1.54, 1.807) is 0 Å². The monoisotopic (exact) mass is 349 g/mol. The maximum Gasteiger partial charge on any atom is 0.335 e. The third-order valence-electron chi connectivity index (χ3n) is 3.85. The van der Waals surface area contributed by atoms with Crippen molar-refractivity contribution in [3.8, 4) is 0 Å². The smallest absolute Gasteiger partial charge is 0.335 e. The van der Waals surface area contributed by atoms with Crippen molar-refractivity contribution in [3.63, 3.8) is 0 Å². The van der Waals surface area contributed by atoms with Gasteiger partial charge < -0.3 is 30.8 Å². The molecule has 0 aromatic heterocycles. The van der Waals surface area contributed by atoms with Crippen LogP contribution in [0.15, 0.2) is 0 Å². The minimum absolute atomic E-state index is 0.315. The fraction of sp³-hybridized carbons (Fsp3) is 0.875. The number of carbonyl (C=O) groups is 2. The molecule has 0 aromatic carbocycles. The van der Waals surface area contributed by atoms with Crippen LogP contribution in [0.4, 0.5) is 0 Å². The van der Waals surface area contributed by atoms with Gasteiger partial charge in [-0.2, -0.15) is 0 Å². The minimum Gasteiger partial charge on any atom is -0.479 e. The van der Waals surface area contributed by atoms with Gasteiger partial charge in [0.2, 0.25) is 0 Å². The van der Waals surface area contributed by atoms with Crippen molar-refractivity contribution >= 4 is 11.9 Å². The fourth-order valence-corrected chi connectivity index (χ4v) is 2.25. The molecule has 6 N–H and O–H groups in total. The van der Waals surface area contributed by atoms with Gasteiger partial charge in [0.25, 0.3) is 5.91 Å². The van der Waals surface area contributed by atoms with Crippen LogP contribution in [-0.2, 0) is 9.59 Å². The van der Waals surface area contributed by atoms with E-state index in [-0.39, 0.29) is 0 Å². The number of hydrogen-bond donors (Lipinski definition) is 6. The number of aliphatic carboxylic acids is 1. The summed E-state index contributed by atoms with van der Waals surface area (Å²) in [4.78, 5) is 22.1. The van der Waals surface area contributed by atoms with Crippen LogP contribution in [-0.4, -0.2) is 68.4 Å². The van der Waals surface area contributed by atoms with Crippen LogP contribution in [0.3, 0.4) is 0 Å². The molecule has 1 amide bonds. The van der Waals surface area contributed by atoms with Crippen LogP contribution in [0, 0.1) is 0 Å². The van der Waals surface area contributed by atoms with Crippen molar-refractivity contribution < 1.29 is 35.1 Å². The first-order valence-corrected chi connectivity index (χ1v) is 8.55. The molecule has 8 heteroatoms. The Labute approximate surface area is 142 Å². The van der Waals surface area contributed by atoms with Crippen LogP contribution in [0.5, 0.6) is 0 Å². The van der Waals surface area contributed by atoms with E-state index in [0.29, 0.717) is 6.54 Å². The van der Waals surface area contributed by atoms with E-state index in [4.69, 9.17) is 10.2 Å². The third kappa shape index (κ3) is 9.17. The number of rotatable bonds is 14. The highest BCUT2D eigenvalue weighted by Gasteiger charge is 2.37. The summed E-state index contributed by atoms with van der Waals surface area (Å²) in [6.45, 7) is 2.48. The first-order valence-electron chi connectivity index (χ1n) is 8.55. The molecule has 0 rings (SSSR count). The van der Waals surface area contributed by atoms with E-state index in [9.17, 15) is 24.9 Å². The van der Waals surface area contributed by atoms with Gasteiger partial charge in [0.05, 0.1) is 0 Å². The molecule has 24 heavy (non-hydrogen) atoms. The van der Waals surface area contributed by atoms with Crippen LogP contribution in [0.25, 0.3) is 0 Å². The van der Waals surface area contributed by atoms with Gasteiger partial charge in [-0.3, -0.25) is 4.79 Å². The Bertz CT molecular complexity index is 364. The summed E-state index contributed by atoms with van der Waals surface area (Å²) in [6, 6.07) is 0. The predicted octanol–water partition coefficient (Wildman–Crippen LogP) is -0.228. The summed E-state index contributed by atoms with van der Waals surface area (Å²) in [5.41, 5.74) is 0. The summed E-state index contributed by atoms with van der Waals surface area (Å²) < 4.78 is 0. The van der Waals surface area contributed by atoms with Crippen LogP contribution >= 0.6 is 0 Å². The lowest BCUT2D eigenvalue weighted by molar-refractivity contribution is -0.166. The van der Waals surface area contributed by atoms with Crippen LogP contribution < -0.4 is 5.32 Å². The van der Waals surface area contributed by atoms with E-state index in [0.717, 1.165) is 25.7 Å². The molecule has 0 unspecified atom stereocenters. The molecular formula is C16H31NO7. The number of amides is 1. The van der Waals surface area contributed by atoms with Gasteiger partial charge >= 0.3 is 5.97 Å². The second kappa shape index (κ2) is 13.1. The molecule has 0 aliphatic carbocycles. The van der Waals surface area contributed by atoms with E-state index < -0.39 is 36.3 Å². The van der Waals surface area contributed by atoms with Crippen molar-refractivity contribution in [2.75, 3.05) is 6.54 Å². The minimum atomic E-state index is -2.28. The van der Waals surface area contributed by atoms with Crippen LogP contribution in [0.2, 0.25) is 0 Å². The zero-order chi connectivity index (χ0) is 18.5. The molecule has 0 fully saturated rings. The number of carboxylic acid groups (broad SMARTS) is 1. The average Bonchev–Trinajstić information content (AvgIpc) is 2.57. The molecule has 0 aliphatic heterocycles. The maximum absolute atomic E-state index is 11.6. The molecular weight excluding hydrogens is 318 g/mol. The molecule has 0 saturated heterocycles. The summed E-state index contributed by atoms with van der Waals surface area (Å²) in [5.74, 6) is -2.67. The Morgan fingerprint density at radius 3 is 1.75 bits per heavy atom. The molecule has 0 saturated carbocycles. The number of nitrogens with one attached hydrogen (secondary N) is 1. The third-order valence-corrected chi connectivity index (χ3v) is 3.85. The number of carbonyl (C=O) groups excluding carboxylic acids is 1. The Balaban J connectivity index is 3.88. The molecule has 142 valence electrons. The highest BCUT2D eigenvalue weighted by molar-refractivity contribution is 5.81. The Morgan fingerprint density at radius 2 is 1.25 bits per heavy atom. The second-order valence-electron chi connectivity index (χ2n) is 5.97. The van der Waals surface area contributed by atoms with Crippen molar-refractivity contribution in [2.24, 2.45) is 0 Å². The van der Waals surface area contributed by atoms with Gasteiger partial charge in [0, 0.05) is 6.54 Å². The highest BCUT2D eigenvalue weighted by Crippen LogP contribution is 2.08. The standard InChI is InChI=1S/C16H31NO7/c1-2-3-4-5-6-7-8-9-10-17-15(22)13(20)11(18)12(19)14(21)16(23)24/h11-14,18-21H,2-10H2,1H3,(H,17,22)(H,23,24)/t11-,12+,13+,14-/m1/s1. The van der Waals surface area contributed by atoms with Gasteiger partial charge in [0.15, 0.2) is 12.2 Å². The molecule has 0 bridgehead atoms. The van der Waals surface area contributed by atoms with Gasteiger partial charge in [-0.15, -0.1) is 0 Å². The number of aliphatic hydroxyl groups is 4. The number of aliphatic hydroxyl groups excluding tert-OH is 4. The molecule has 0 spiro atoms. The van der Waals surface area contributed by atoms with Gasteiger partial charge in [-0.1, -0.05) is 51.9 Å². The van der Waals surface area contributed by atoms with E-state index >= 15 is 0 Å². The second-order valence-corrected chi connectivity index (χ2v) is 5.97. The lowest BCUT2D eigenvalue weighted by Gasteiger charge is -2.23. The lowest BCUT2D eigenvalue weighted by atomic mass is 10.0. The van der Waals surface area contributed by atoms with Crippen molar-refractivity contribution in [3.05, 3.63) is 0 Å². The number of hydrogen-bond acceptors (Lipinski definition) is 6. The van der Waals surface area contributed by atoms with Crippen molar-refractivity contribution in [2.45, 2.75) is 82.7 Å². The number of unbranched alkanes of at least 4 members (excludes halogenated alkanes) is 7. The first kappa shape index (κ1) is 22.8. The zero-order valence-corrected chi connectivity index (χ0v) is 14.2. The topological polar surface area (TPSA) is 147 Å². The Hall–Kier alpha value is -1.22. The van der Waals surface area contributed by atoms with Gasteiger partial charge in [-0.25, -0.2) is 4.79 Å². The van der Waals surface area contributed by atoms with E-state index in [1.165, 1.54) is 25.7 Å². The Morgan fingerprint density at radius 1 is 0.792 bits per heavy atom. The summed E-state index contributed by atoms with van der Waals surface area (Å²) in [5, 5.41) is 48.5. The van der Waals surface area contributed by atoms with Crippen molar-refractivity contribution in [1.82, 2.24) is 5.32 Å². The summed E-state index contributed by atoms with van der Waals surface area (Å²) in [6.07, 6.45) is 0.226. The normalized spacial score (nSPS) is 16.2. The molecule has 0 radical (unpaired) electrons. The molecule has 0 aromatic rings. The summed E-state index contributed by atoms with van der Waals surface area (Å²) >= 11 is 0. The fourth-order valence-electron chi connectivity index (χ4n) is 2.25. The SMILES string of the molecule is CCCCCCCCCCNC(=O)[C@@H](O)[C@H](O)[C@H](O)[C@@H](O)C(=O)O. The molecule has 0 aliphatic rings. The Kier molecular flexibility index (Phi) is 12.4. The highest BCUT2D eigenvalue weighted by atomic mass is 16.4. The molecule has 8 nitrogen and oxygen atoms in total. The lowest BCUT2D eigenvalue weighted by Crippen LogP contribution is -2.52. The van der Waals surface area contributed by atoms with E-state index in [1.807, 2.05) is 0 Å². The quantitative estimate of drug-likeness (QED) is 0.237. The van der Waals surface area contributed by atoms with Gasteiger partial charge in [-0.05, 0) is 6.42 Å². The zero-order valence-electron chi connectivity index (χ0n) is 14.2. The summed E-state index contributed by atoms with van der Waals surface area (Å²) in [7, 11) is 0. The maximum atomic E-state index is 11.6. The van der Waals surface area contributed by atoms with Crippen LogP contribution in [0.1, 0.15) is 58.3 Å². The average molecular weight is 349 g/mol. The van der Waals surface area contributed by atoms with E-state index in [2.05, 4.69) is 12.2 Å². The largest absolute Gasteiger partial charge is 0.479 e. The molecule has 4 atom stereocenters. The first-order chi connectivity index (χ1) is 11.3. The molecule has 0 heterocycles. The van der Waals surface area contributed by atoms with Crippen molar-refractivity contribution in [1.29, 1.82) is 0 Å². The predicted molar refractivity (Wildman–Crippen MR) is 87.3 cm³/mol.